The Hall–Kier alpha value is -1.18. The summed E-state index contributed by atoms with van der Waals surface area (Å²) in [7, 11) is -3.57. The molecule has 124 valence electrons. The Bertz CT molecular complexity index is 767. The summed E-state index contributed by atoms with van der Waals surface area (Å²) < 4.78 is 30.9. The lowest BCUT2D eigenvalue weighted by molar-refractivity contribution is 0.251. The van der Waals surface area contributed by atoms with Crippen LogP contribution in [0.2, 0.25) is 0 Å². The first-order valence-electron chi connectivity index (χ1n) is 7.80. The summed E-state index contributed by atoms with van der Waals surface area (Å²) in [4.78, 5) is 0.223. The van der Waals surface area contributed by atoms with Crippen LogP contribution in [0.25, 0.3) is 0 Å². The molecule has 1 heterocycles. The molecule has 0 aliphatic heterocycles. The van der Waals surface area contributed by atoms with Gasteiger partial charge in [0.1, 0.15) is 4.90 Å². The fourth-order valence-electron chi connectivity index (χ4n) is 2.77. The van der Waals surface area contributed by atoms with E-state index in [1.807, 2.05) is 31.2 Å². The molecule has 1 aliphatic carbocycles. The quantitative estimate of drug-likeness (QED) is 0.810. The summed E-state index contributed by atoms with van der Waals surface area (Å²) in [5.74, 6) is 0.354. The van der Waals surface area contributed by atoms with Crippen molar-refractivity contribution in [2.75, 3.05) is 0 Å². The van der Waals surface area contributed by atoms with Crippen molar-refractivity contribution in [2.24, 2.45) is 5.92 Å². The predicted octanol–water partition coefficient (Wildman–Crippen LogP) is 3.49. The zero-order valence-corrected chi connectivity index (χ0v) is 15.3. The van der Waals surface area contributed by atoms with Crippen LogP contribution < -0.4 is 4.72 Å². The van der Waals surface area contributed by atoms with Gasteiger partial charge in [0.2, 0.25) is 10.0 Å². The number of sulfonamides is 1. The predicted molar refractivity (Wildman–Crippen MR) is 92.4 cm³/mol. The molecule has 0 saturated heterocycles. The van der Waals surface area contributed by atoms with Crippen molar-refractivity contribution in [3.8, 4) is 0 Å². The number of nitrogens with zero attached hydrogens (tertiary/aromatic N) is 2. The molecule has 0 spiro atoms. The maximum atomic E-state index is 12.7. The zero-order chi connectivity index (χ0) is 16.4. The molecule has 1 fully saturated rings. The maximum absolute atomic E-state index is 12.7. The largest absolute Gasteiger partial charge is 0.272 e. The summed E-state index contributed by atoms with van der Waals surface area (Å²) in [6.45, 7) is 2.57. The van der Waals surface area contributed by atoms with Gasteiger partial charge in [0.15, 0.2) is 0 Å². The highest BCUT2D eigenvalue weighted by atomic mass is 79.9. The Kier molecular flexibility index (Phi) is 4.89. The van der Waals surface area contributed by atoms with E-state index in [-0.39, 0.29) is 10.9 Å². The Balaban J connectivity index is 1.87. The normalized spacial score (nSPS) is 17.0. The molecule has 0 bridgehead atoms. The van der Waals surface area contributed by atoms with Gasteiger partial charge < -0.3 is 0 Å². The zero-order valence-electron chi connectivity index (χ0n) is 12.9. The lowest BCUT2D eigenvalue weighted by Gasteiger charge is -2.34. The highest BCUT2D eigenvalue weighted by Crippen LogP contribution is 2.38. The van der Waals surface area contributed by atoms with E-state index in [1.165, 1.54) is 6.20 Å². The van der Waals surface area contributed by atoms with Crippen molar-refractivity contribution in [1.29, 1.82) is 0 Å². The first kappa shape index (κ1) is 16.7. The van der Waals surface area contributed by atoms with Crippen molar-refractivity contribution in [1.82, 2.24) is 14.5 Å². The number of nitrogens with one attached hydrogen (secondary N) is 1. The van der Waals surface area contributed by atoms with Gasteiger partial charge in [-0.3, -0.25) is 4.68 Å². The van der Waals surface area contributed by atoms with Crippen LogP contribution in [0, 0.1) is 5.92 Å². The molecule has 2 aromatic rings. The third-order valence-corrected chi connectivity index (χ3v) is 6.30. The minimum absolute atomic E-state index is 0.188. The molecule has 0 radical (unpaired) electrons. The third-order valence-electron chi connectivity index (χ3n) is 4.38. The average molecular weight is 398 g/mol. The van der Waals surface area contributed by atoms with E-state index in [4.69, 9.17) is 0 Å². The van der Waals surface area contributed by atoms with E-state index < -0.39 is 10.0 Å². The summed E-state index contributed by atoms with van der Waals surface area (Å²) in [6.07, 6.45) is 6.25. The molecule has 1 unspecified atom stereocenters. The first-order valence-corrected chi connectivity index (χ1v) is 10.1. The van der Waals surface area contributed by atoms with E-state index in [2.05, 4.69) is 25.8 Å². The number of aromatic nitrogens is 2. The molecular formula is C16H20BrN3O2S. The molecule has 7 heteroatoms. The molecule has 1 aromatic heterocycles. The Morgan fingerprint density at radius 2 is 2.04 bits per heavy atom. The second kappa shape index (κ2) is 6.75. The average Bonchev–Trinajstić information content (AvgIpc) is 2.95. The Labute approximate surface area is 145 Å². The van der Waals surface area contributed by atoms with Crippen molar-refractivity contribution >= 4 is 26.0 Å². The van der Waals surface area contributed by atoms with Crippen LogP contribution >= 0.6 is 15.9 Å². The smallest absolute Gasteiger partial charge is 0.244 e. The topological polar surface area (TPSA) is 64.0 Å². The molecule has 3 rings (SSSR count). The highest BCUT2D eigenvalue weighted by Gasteiger charge is 2.32. The van der Waals surface area contributed by atoms with Gasteiger partial charge in [0.05, 0.1) is 6.20 Å². The Morgan fingerprint density at radius 1 is 1.35 bits per heavy atom. The number of halogens is 1. The van der Waals surface area contributed by atoms with Gasteiger partial charge in [-0.25, -0.2) is 13.1 Å². The molecular weight excluding hydrogens is 378 g/mol. The monoisotopic (exact) mass is 397 g/mol. The van der Waals surface area contributed by atoms with E-state index >= 15 is 0 Å². The standard InChI is InChI=1S/C16H20BrN3O2S/c1-2-20-11-15(10-18-20)23(21,22)19-16(12-4-3-5-12)13-6-8-14(17)9-7-13/h6-12,16,19H,2-5H2,1H3. The van der Waals surface area contributed by atoms with Crippen LogP contribution in [-0.4, -0.2) is 18.2 Å². The second-order valence-corrected chi connectivity index (χ2v) is 8.50. The summed E-state index contributed by atoms with van der Waals surface area (Å²) in [5.41, 5.74) is 1.00. The molecule has 1 saturated carbocycles. The summed E-state index contributed by atoms with van der Waals surface area (Å²) >= 11 is 3.42. The van der Waals surface area contributed by atoms with Gasteiger partial charge in [-0.1, -0.05) is 34.5 Å². The molecule has 5 nitrogen and oxygen atoms in total. The fourth-order valence-corrected chi connectivity index (χ4v) is 4.28. The SMILES string of the molecule is CCn1cc(S(=O)(=O)NC(c2ccc(Br)cc2)C2CCC2)cn1. The maximum Gasteiger partial charge on any atom is 0.244 e. The Morgan fingerprint density at radius 3 is 2.57 bits per heavy atom. The number of aryl methyl sites for hydroxylation is 1. The van der Waals surface area contributed by atoms with E-state index in [9.17, 15) is 8.42 Å². The highest BCUT2D eigenvalue weighted by molar-refractivity contribution is 9.10. The fraction of sp³-hybridized carbons (Fsp3) is 0.438. The van der Waals surface area contributed by atoms with Crippen molar-refractivity contribution in [3.05, 3.63) is 46.7 Å². The van der Waals surface area contributed by atoms with Gasteiger partial charge in [-0.05, 0) is 43.4 Å². The number of hydrogen-bond donors (Lipinski definition) is 1. The molecule has 0 amide bonds. The molecule has 1 N–H and O–H groups in total. The minimum atomic E-state index is -3.57. The van der Waals surface area contributed by atoms with E-state index in [0.717, 1.165) is 29.3 Å². The van der Waals surface area contributed by atoms with Crippen LogP contribution in [0.5, 0.6) is 0 Å². The molecule has 23 heavy (non-hydrogen) atoms. The van der Waals surface area contributed by atoms with Crippen LogP contribution in [-0.2, 0) is 16.6 Å². The van der Waals surface area contributed by atoms with Crippen LogP contribution in [0.1, 0.15) is 37.8 Å². The second-order valence-electron chi connectivity index (χ2n) is 5.87. The number of benzene rings is 1. The molecule has 1 aliphatic rings. The third kappa shape index (κ3) is 3.67. The van der Waals surface area contributed by atoms with Gasteiger partial charge in [0, 0.05) is 23.3 Å². The lowest BCUT2D eigenvalue weighted by Crippen LogP contribution is -2.36. The van der Waals surface area contributed by atoms with Gasteiger partial charge in [-0.2, -0.15) is 5.10 Å². The first-order chi connectivity index (χ1) is 11.0. The summed E-state index contributed by atoms with van der Waals surface area (Å²) in [6, 6.07) is 7.66. The van der Waals surface area contributed by atoms with Crippen LogP contribution in [0.3, 0.4) is 0 Å². The summed E-state index contributed by atoms with van der Waals surface area (Å²) in [5, 5.41) is 4.06. The van der Waals surface area contributed by atoms with Crippen molar-refractivity contribution < 1.29 is 8.42 Å². The van der Waals surface area contributed by atoms with Crippen molar-refractivity contribution in [2.45, 2.75) is 43.7 Å². The molecule has 1 atom stereocenters. The number of rotatable bonds is 6. The van der Waals surface area contributed by atoms with E-state index in [0.29, 0.717) is 12.5 Å². The van der Waals surface area contributed by atoms with Gasteiger partial charge >= 0.3 is 0 Å². The van der Waals surface area contributed by atoms with Crippen LogP contribution in [0.15, 0.2) is 46.0 Å². The van der Waals surface area contributed by atoms with Crippen LogP contribution in [0.4, 0.5) is 0 Å². The van der Waals surface area contributed by atoms with Gasteiger partial charge in [0.25, 0.3) is 0 Å². The molecule has 1 aromatic carbocycles. The lowest BCUT2D eigenvalue weighted by atomic mass is 9.77. The van der Waals surface area contributed by atoms with Crippen molar-refractivity contribution in [3.63, 3.8) is 0 Å². The minimum Gasteiger partial charge on any atom is -0.272 e. The van der Waals surface area contributed by atoms with E-state index in [1.54, 1.807) is 10.9 Å². The number of hydrogen-bond acceptors (Lipinski definition) is 3. The van der Waals surface area contributed by atoms with Gasteiger partial charge in [-0.15, -0.1) is 0 Å².